The molecule has 2 N–H and O–H groups in total. The van der Waals surface area contributed by atoms with Gasteiger partial charge in [-0.15, -0.1) is 0 Å². The summed E-state index contributed by atoms with van der Waals surface area (Å²) in [6, 6.07) is 8.48. The Kier molecular flexibility index (Phi) is 7.11. The first kappa shape index (κ1) is 21.4. The standard InChI is InChI=1S/C19H21F3N4O2/c1-26(2)12-4-11-23-17(27)15-5-3-6-16(25-15)18(28)24-14-9-7-13(8-10-14)19(20,21)22/h3,5-10H,4,11-12H2,1-2H3,(H,23,27)(H,24,28). The van der Waals surface area contributed by atoms with Gasteiger partial charge in [0.25, 0.3) is 11.8 Å². The Labute approximate surface area is 160 Å². The topological polar surface area (TPSA) is 74.3 Å². The van der Waals surface area contributed by atoms with Crippen LogP contribution >= 0.6 is 0 Å². The van der Waals surface area contributed by atoms with E-state index < -0.39 is 23.6 Å². The summed E-state index contributed by atoms with van der Waals surface area (Å²) in [7, 11) is 3.87. The van der Waals surface area contributed by atoms with Crippen molar-refractivity contribution in [2.75, 3.05) is 32.5 Å². The van der Waals surface area contributed by atoms with Crippen LogP contribution < -0.4 is 10.6 Å². The maximum atomic E-state index is 12.6. The number of alkyl halides is 3. The minimum atomic E-state index is -4.45. The van der Waals surface area contributed by atoms with Gasteiger partial charge in [-0.3, -0.25) is 9.59 Å². The number of benzene rings is 1. The third kappa shape index (κ3) is 6.34. The summed E-state index contributed by atoms with van der Waals surface area (Å²) in [5.74, 6) is -1.02. The predicted octanol–water partition coefficient (Wildman–Crippen LogP) is 3.03. The van der Waals surface area contributed by atoms with E-state index in [9.17, 15) is 22.8 Å². The highest BCUT2D eigenvalue weighted by Gasteiger charge is 2.30. The van der Waals surface area contributed by atoms with E-state index in [4.69, 9.17) is 0 Å². The number of nitrogens with one attached hydrogen (secondary N) is 2. The van der Waals surface area contributed by atoms with Crippen molar-refractivity contribution in [1.29, 1.82) is 0 Å². The van der Waals surface area contributed by atoms with E-state index >= 15 is 0 Å². The van der Waals surface area contributed by atoms with Gasteiger partial charge in [0.15, 0.2) is 0 Å². The van der Waals surface area contributed by atoms with Crippen LogP contribution in [0.3, 0.4) is 0 Å². The molecule has 2 aromatic rings. The summed E-state index contributed by atoms with van der Waals surface area (Å²) in [5.41, 5.74) is -0.541. The molecule has 1 heterocycles. The van der Waals surface area contributed by atoms with E-state index in [1.54, 1.807) is 0 Å². The predicted molar refractivity (Wildman–Crippen MR) is 99.1 cm³/mol. The van der Waals surface area contributed by atoms with Gasteiger partial charge in [-0.05, 0) is 63.5 Å². The minimum Gasteiger partial charge on any atom is -0.351 e. The lowest BCUT2D eigenvalue weighted by Gasteiger charge is -2.10. The zero-order valence-corrected chi connectivity index (χ0v) is 15.5. The first-order valence-electron chi connectivity index (χ1n) is 8.55. The molecule has 0 saturated carbocycles. The van der Waals surface area contributed by atoms with Crippen LogP contribution in [-0.2, 0) is 6.18 Å². The number of carbonyl (C=O) groups excluding carboxylic acids is 2. The molecular formula is C19H21F3N4O2. The monoisotopic (exact) mass is 394 g/mol. The van der Waals surface area contributed by atoms with Gasteiger partial charge in [-0.25, -0.2) is 4.98 Å². The molecule has 0 atom stereocenters. The molecule has 0 aliphatic carbocycles. The van der Waals surface area contributed by atoms with Crippen molar-refractivity contribution in [3.05, 3.63) is 59.4 Å². The SMILES string of the molecule is CN(C)CCCNC(=O)c1cccc(C(=O)Nc2ccc(C(F)(F)F)cc2)n1. The Balaban J connectivity index is 1.98. The first-order valence-corrected chi connectivity index (χ1v) is 8.55. The van der Waals surface area contributed by atoms with Gasteiger partial charge in [-0.1, -0.05) is 6.07 Å². The second-order valence-electron chi connectivity index (χ2n) is 6.35. The van der Waals surface area contributed by atoms with Crippen molar-refractivity contribution in [3.63, 3.8) is 0 Å². The molecule has 2 amide bonds. The first-order chi connectivity index (χ1) is 13.2. The number of halogens is 3. The third-order valence-corrected chi connectivity index (χ3v) is 3.75. The quantitative estimate of drug-likeness (QED) is 0.708. The van der Waals surface area contributed by atoms with Crippen LogP contribution in [-0.4, -0.2) is 48.9 Å². The van der Waals surface area contributed by atoms with E-state index in [0.29, 0.717) is 6.54 Å². The summed E-state index contributed by atoms with van der Waals surface area (Å²) in [6.45, 7) is 1.30. The number of hydrogen-bond acceptors (Lipinski definition) is 4. The molecule has 0 saturated heterocycles. The second kappa shape index (κ2) is 9.32. The number of anilines is 1. The van der Waals surface area contributed by atoms with Crippen LogP contribution in [0.5, 0.6) is 0 Å². The summed E-state index contributed by atoms with van der Waals surface area (Å²) >= 11 is 0. The van der Waals surface area contributed by atoms with E-state index in [1.165, 1.54) is 18.2 Å². The third-order valence-electron chi connectivity index (χ3n) is 3.75. The number of aromatic nitrogens is 1. The fourth-order valence-corrected chi connectivity index (χ4v) is 2.31. The summed E-state index contributed by atoms with van der Waals surface area (Å²) < 4.78 is 37.7. The molecule has 2 rings (SSSR count). The number of carbonyl (C=O) groups is 2. The van der Waals surface area contributed by atoms with Gasteiger partial charge in [0, 0.05) is 12.2 Å². The van der Waals surface area contributed by atoms with Crippen molar-refractivity contribution in [1.82, 2.24) is 15.2 Å². The van der Waals surface area contributed by atoms with Crippen LogP contribution in [0.25, 0.3) is 0 Å². The maximum Gasteiger partial charge on any atom is 0.416 e. The fraction of sp³-hybridized carbons (Fsp3) is 0.316. The molecule has 0 bridgehead atoms. The van der Waals surface area contributed by atoms with Crippen molar-refractivity contribution >= 4 is 17.5 Å². The molecule has 1 aromatic heterocycles. The van der Waals surface area contributed by atoms with Gasteiger partial charge in [0.05, 0.1) is 5.56 Å². The molecular weight excluding hydrogens is 373 g/mol. The van der Waals surface area contributed by atoms with Crippen LogP contribution in [0, 0.1) is 0 Å². The molecule has 0 aliphatic heterocycles. The molecule has 28 heavy (non-hydrogen) atoms. The van der Waals surface area contributed by atoms with Crippen molar-refractivity contribution in [2.24, 2.45) is 0 Å². The highest BCUT2D eigenvalue weighted by molar-refractivity contribution is 6.03. The number of amides is 2. The van der Waals surface area contributed by atoms with Crippen molar-refractivity contribution in [3.8, 4) is 0 Å². The maximum absolute atomic E-state index is 12.6. The van der Waals surface area contributed by atoms with Crippen LogP contribution in [0.4, 0.5) is 18.9 Å². The molecule has 150 valence electrons. The van der Waals surface area contributed by atoms with Gasteiger partial charge in [0.2, 0.25) is 0 Å². The summed E-state index contributed by atoms with van der Waals surface area (Å²) in [6.07, 6.45) is -3.68. The second-order valence-corrected chi connectivity index (χ2v) is 6.35. The number of rotatable bonds is 7. The number of nitrogens with zero attached hydrogens (tertiary/aromatic N) is 2. The Hall–Kier alpha value is -2.94. The molecule has 1 aromatic carbocycles. The average molecular weight is 394 g/mol. The van der Waals surface area contributed by atoms with Crippen molar-refractivity contribution < 1.29 is 22.8 Å². The van der Waals surface area contributed by atoms with Crippen LogP contribution in [0.1, 0.15) is 33.0 Å². The highest BCUT2D eigenvalue weighted by atomic mass is 19.4. The lowest BCUT2D eigenvalue weighted by molar-refractivity contribution is -0.137. The number of hydrogen-bond donors (Lipinski definition) is 2. The smallest absolute Gasteiger partial charge is 0.351 e. The molecule has 0 unspecified atom stereocenters. The van der Waals surface area contributed by atoms with Gasteiger partial charge in [-0.2, -0.15) is 13.2 Å². The fourth-order valence-electron chi connectivity index (χ4n) is 2.31. The Bertz CT molecular complexity index is 821. The largest absolute Gasteiger partial charge is 0.416 e. The zero-order valence-electron chi connectivity index (χ0n) is 15.5. The van der Waals surface area contributed by atoms with Gasteiger partial charge >= 0.3 is 6.18 Å². The molecule has 0 spiro atoms. The van der Waals surface area contributed by atoms with E-state index in [0.717, 1.165) is 37.2 Å². The summed E-state index contributed by atoms with van der Waals surface area (Å²) in [4.78, 5) is 30.4. The van der Waals surface area contributed by atoms with E-state index in [-0.39, 0.29) is 17.1 Å². The van der Waals surface area contributed by atoms with Crippen LogP contribution in [0.15, 0.2) is 42.5 Å². The lowest BCUT2D eigenvalue weighted by Crippen LogP contribution is -2.28. The van der Waals surface area contributed by atoms with Gasteiger partial charge < -0.3 is 15.5 Å². The van der Waals surface area contributed by atoms with Crippen LogP contribution in [0.2, 0.25) is 0 Å². The average Bonchev–Trinajstić information content (AvgIpc) is 2.64. The summed E-state index contributed by atoms with van der Waals surface area (Å²) in [5, 5.41) is 5.19. The number of pyridine rings is 1. The molecule has 0 aliphatic rings. The minimum absolute atomic E-state index is 0.0131. The van der Waals surface area contributed by atoms with Crippen molar-refractivity contribution in [2.45, 2.75) is 12.6 Å². The van der Waals surface area contributed by atoms with Gasteiger partial charge in [0.1, 0.15) is 11.4 Å². The van der Waals surface area contributed by atoms with E-state index in [1.807, 2.05) is 19.0 Å². The lowest BCUT2D eigenvalue weighted by atomic mass is 10.2. The normalized spacial score (nSPS) is 11.4. The Morgan fingerprint density at radius 2 is 1.61 bits per heavy atom. The highest BCUT2D eigenvalue weighted by Crippen LogP contribution is 2.29. The molecule has 0 fully saturated rings. The zero-order chi connectivity index (χ0) is 20.7. The Morgan fingerprint density at radius 3 is 2.18 bits per heavy atom. The molecule has 0 radical (unpaired) electrons. The molecule has 9 heteroatoms. The van der Waals surface area contributed by atoms with E-state index in [2.05, 4.69) is 15.6 Å². The molecule has 6 nitrogen and oxygen atoms in total. The Morgan fingerprint density at radius 1 is 1.00 bits per heavy atom.